The van der Waals surface area contributed by atoms with Gasteiger partial charge in [0.1, 0.15) is 5.69 Å². The van der Waals surface area contributed by atoms with Crippen molar-refractivity contribution in [3.63, 3.8) is 0 Å². The Morgan fingerprint density at radius 1 is 1.30 bits per heavy atom. The van der Waals surface area contributed by atoms with Crippen molar-refractivity contribution in [1.82, 2.24) is 9.97 Å². The molecular formula is C14H10ClN3OS. The first-order valence-corrected chi connectivity index (χ1v) is 7.12. The number of hydrogen-bond acceptors (Lipinski definition) is 4. The number of carbonyl (C=O) groups is 1. The molecular weight excluding hydrogens is 294 g/mol. The summed E-state index contributed by atoms with van der Waals surface area (Å²) >= 11 is 7.48. The van der Waals surface area contributed by atoms with Crippen molar-refractivity contribution in [3.05, 3.63) is 52.8 Å². The molecule has 0 aliphatic carbocycles. The summed E-state index contributed by atoms with van der Waals surface area (Å²) in [5.41, 5.74) is 2.10. The van der Waals surface area contributed by atoms with E-state index in [4.69, 9.17) is 11.6 Å². The molecule has 0 unspecified atom stereocenters. The largest absolute Gasteiger partial charge is 0.296 e. The molecule has 2 heterocycles. The molecule has 6 heteroatoms. The number of nitrogens with zero attached hydrogens (tertiary/aromatic N) is 2. The maximum atomic E-state index is 12.0. The smallest absolute Gasteiger partial charge is 0.276 e. The quantitative estimate of drug-likeness (QED) is 0.781. The Labute approximate surface area is 124 Å². The van der Waals surface area contributed by atoms with Crippen LogP contribution in [-0.2, 0) is 0 Å². The molecule has 0 saturated carbocycles. The molecule has 0 aliphatic rings. The average molecular weight is 304 g/mol. The van der Waals surface area contributed by atoms with Gasteiger partial charge in [0.25, 0.3) is 5.91 Å². The predicted octanol–water partition coefficient (Wildman–Crippen LogP) is 3.91. The van der Waals surface area contributed by atoms with E-state index >= 15 is 0 Å². The van der Waals surface area contributed by atoms with Gasteiger partial charge < -0.3 is 0 Å². The number of benzene rings is 1. The molecule has 2 aromatic heterocycles. The molecule has 4 nitrogen and oxygen atoms in total. The van der Waals surface area contributed by atoms with Crippen molar-refractivity contribution in [3.8, 4) is 0 Å². The summed E-state index contributed by atoms with van der Waals surface area (Å²) in [5, 5.41) is 3.97. The van der Waals surface area contributed by atoms with E-state index in [0.717, 1.165) is 15.8 Å². The molecule has 3 aromatic rings. The van der Waals surface area contributed by atoms with E-state index in [2.05, 4.69) is 15.3 Å². The SMILES string of the molecule is Cc1c(Cl)ccc2sc(NC(=O)c3ccccn3)nc12. The first-order valence-electron chi connectivity index (χ1n) is 5.93. The van der Waals surface area contributed by atoms with E-state index in [-0.39, 0.29) is 5.91 Å². The maximum absolute atomic E-state index is 12.0. The standard InChI is InChI=1S/C14H10ClN3OS/c1-8-9(15)5-6-11-12(8)17-14(20-11)18-13(19)10-4-2-3-7-16-10/h2-7H,1H3,(H,17,18,19). The lowest BCUT2D eigenvalue weighted by Gasteiger charge is -1.99. The van der Waals surface area contributed by atoms with Crippen molar-refractivity contribution in [2.24, 2.45) is 0 Å². The van der Waals surface area contributed by atoms with E-state index in [1.54, 1.807) is 24.4 Å². The van der Waals surface area contributed by atoms with Gasteiger partial charge in [-0.15, -0.1) is 0 Å². The molecule has 0 spiro atoms. The van der Waals surface area contributed by atoms with Gasteiger partial charge in [-0.3, -0.25) is 15.1 Å². The summed E-state index contributed by atoms with van der Waals surface area (Å²) in [6.45, 7) is 1.91. The summed E-state index contributed by atoms with van der Waals surface area (Å²) in [6.07, 6.45) is 1.58. The topological polar surface area (TPSA) is 54.9 Å². The number of nitrogens with one attached hydrogen (secondary N) is 1. The van der Waals surface area contributed by atoms with Gasteiger partial charge in [-0.05, 0) is 36.8 Å². The van der Waals surface area contributed by atoms with Gasteiger partial charge in [0.15, 0.2) is 5.13 Å². The van der Waals surface area contributed by atoms with Crippen LogP contribution in [0.4, 0.5) is 5.13 Å². The summed E-state index contributed by atoms with van der Waals surface area (Å²) < 4.78 is 0.989. The molecule has 0 aliphatic heterocycles. The van der Waals surface area contributed by atoms with Crippen molar-refractivity contribution < 1.29 is 4.79 Å². The summed E-state index contributed by atoms with van der Waals surface area (Å²) in [6, 6.07) is 8.93. The Balaban J connectivity index is 1.92. The van der Waals surface area contributed by atoms with Crippen LogP contribution < -0.4 is 5.32 Å². The Morgan fingerprint density at radius 3 is 2.90 bits per heavy atom. The first kappa shape index (κ1) is 13.0. The minimum absolute atomic E-state index is 0.270. The summed E-state index contributed by atoms with van der Waals surface area (Å²) in [7, 11) is 0. The van der Waals surface area contributed by atoms with Crippen LogP contribution in [-0.4, -0.2) is 15.9 Å². The van der Waals surface area contributed by atoms with Crippen LogP contribution in [0.3, 0.4) is 0 Å². The number of thiazole rings is 1. The Morgan fingerprint density at radius 2 is 2.15 bits per heavy atom. The zero-order valence-corrected chi connectivity index (χ0v) is 12.1. The fraction of sp³-hybridized carbons (Fsp3) is 0.0714. The second kappa shape index (κ2) is 5.19. The van der Waals surface area contributed by atoms with Crippen LogP contribution in [0.1, 0.15) is 16.1 Å². The van der Waals surface area contributed by atoms with Gasteiger partial charge in [0, 0.05) is 11.2 Å². The Kier molecular flexibility index (Phi) is 3.38. The highest BCUT2D eigenvalue weighted by molar-refractivity contribution is 7.22. The van der Waals surface area contributed by atoms with Gasteiger partial charge >= 0.3 is 0 Å². The lowest BCUT2D eigenvalue weighted by atomic mass is 10.2. The molecule has 1 aromatic carbocycles. The number of aryl methyl sites for hydroxylation is 1. The molecule has 3 rings (SSSR count). The van der Waals surface area contributed by atoms with E-state index in [1.165, 1.54) is 11.3 Å². The lowest BCUT2D eigenvalue weighted by molar-refractivity contribution is 0.102. The van der Waals surface area contributed by atoms with E-state index in [1.807, 2.05) is 19.1 Å². The molecule has 0 bridgehead atoms. The first-order chi connectivity index (χ1) is 9.65. The normalized spacial score (nSPS) is 10.7. The second-order valence-electron chi connectivity index (χ2n) is 4.21. The third-order valence-electron chi connectivity index (χ3n) is 2.87. The molecule has 0 radical (unpaired) electrons. The molecule has 1 N–H and O–H groups in total. The van der Waals surface area contributed by atoms with Crippen molar-refractivity contribution in [1.29, 1.82) is 0 Å². The van der Waals surface area contributed by atoms with Crippen molar-refractivity contribution in [2.75, 3.05) is 5.32 Å². The van der Waals surface area contributed by atoms with Crippen LogP contribution in [0.15, 0.2) is 36.5 Å². The molecule has 1 amide bonds. The minimum atomic E-state index is -0.270. The summed E-state index contributed by atoms with van der Waals surface area (Å²) in [5.74, 6) is -0.270. The van der Waals surface area contributed by atoms with Crippen LogP contribution in [0.25, 0.3) is 10.2 Å². The highest BCUT2D eigenvalue weighted by Crippen LogP contribution is 2.31. The van der Waals surface area contributed by atoms with Crippen molar-refractivity contribution >= 4 is 44.2 Å². The van der Waals surface area contributed by atoms with Gasteiger partial charge in [0.05, 0.1) is 10.2 Å². The number of rotatable bonds is 2. The third-order valence-corrected chi connectivity index (χ3v) is 4.21. The van der Waals surface area contributed by atoms with Crippen LogP contribution in [0.2, 0.25) is 5.02 Å². The number of amides is 1. The van der Waals surface area contributed by atoms with Gasteiger partial charge in [0.2, 0.25) is 0 Å². The molecule has 20 heavy (non-hydrogen) atoms. The Bertz CT molecular complexity index is 786. The fourth-order valence-electron chi connectivity index (χ4n) is 1.81. The fourth-order valence-corrected chi connectivity index (χ4v) is 2.89. The zero-order chi connectivity index (χ0) is 14.1. The average Bonchev–Trinajstić information content (AvgIpc) is 2.87. The second-order valence-corrected chi connectivity index (χ2v) is 5.65. The van der Waals surface area contributed by atoms with E-state index < -0.39 is 0 Å². The molecule has 0 saturated heterocycles. The number of fused-ring (bicyclic) bond motifs is 1. The van der Waals surface area contributed by atoms with Gasteiger partial charge in [-0.25, -0.2) is 4.98 Å². The van der Waals surface area contributed by atoms with Gasteiger partial charge in [-0.2, -0.15) is 0 Å². The van der Waals surface area contributed by atoms with Crippen LogP contribution >= 0.6 is 22.9 Å². The molecule has 0 atom stereocenters. The number of aromatic nitrogens is 2. The van der Waals surface area contributed by atoms with E-state index in [9.17, 15) is 4.79 Å². The number of pyridine rings is 1. The summed E-state index contributed by atoms with van der Waals surface area (Å²) in [4.78, 5) is 20.4. The Hall–Kier alpha value is -1.98. The predicted molar refractivity (Wildman–Crippen MR) is 81.6 cm³/mol. The number of halogens is 1. The maximum Gasteiger partial charge on any atom is 0.276 e. The van der Waals surface area contributed by atoms with Gasteiger partial charge in [-0.1, -0.05) is 29.0 Å². The third kappa shape index (κ3) is 2.37. The van der Waals surface area contributed by atoms with Crippen LogP contribution in [0, 0.1) is 6.92 Å². The van der Waals surface area contributed by atoms with Crippen LogP contribution in [0.5, 0.6) is 0 Å². The van der Waals surface area contributed by atoms with E-state index in [0.29, 0.717) is 15.8 Å². The number of hydrogen-bond donors (Lipinski definition) is 1. The number of anilines is 1. The molecule has 100 valence electrons. The zero-order valence-electron chi connectivity index (χ0n) is 10.6. The molecule has 0 fully saturated rings. The highest BCUT2D eigenvalue weighted by atomic mass is 35.5. The van der Waals surface area contributed by atoms with Crippen molar-refractivity contribution in [2.45, 2.75) is 6.92 Å². The number of carbonyl (C=O) groups excluding carboxylic acids is 1. The minimum Gasteiger partial charge on any atom is -0.296 e. The lowest BCUT2D eigenvalue weighted by Crippen LogP contribution is -2.12. The highest BCUT2D eigenvalue weighted by Gasteiger charge is 2.12. The monoisotopic (exact) mass is 303 g/mol.